The lowest BCUT2D eigenvalue weighted by molar-refractivity contribution is -0.125. The molecule has 4 amide bonds. The number of imide groups is 1. The van der Waals surface area contributed by atoms with E-state index in [1.807, 2.05) is 42.5 Å². The number of ether oxygens (including phenoxy) is 1. The van der Waals surface area contributed by atoms with E-state index in [0.717, 1.165) is 11.1 Å². The van der Waals surface area contributed by atoms with Gasteiger partial charge in [-0.1, -0.05) is 36.4 Å². The molecule has 1 fully saturated rings. The molecule has 0 aliphatic carbocycles. The highest BCUT2D eigenvalue weighted by Gasteiger charge is 2.53. The molecule has 2 aromatic heterocycles. The number of hydrogen-bond donors (Lipinski definition) is 3. The van der Waals surface area contributed by atoms with E-state index in [4.69, 9.17) is 9.15 Å². The van der Waals surface area contributed by atoms with Crippen molar-refractivity contribution in [2.75, 3.05) is 13.7 Å². The zero-order valence-corrected chi connectivity index (χ0v) is 20.6. The Morgan fingerprint density at radius 3 is 2.63 bits per heavy atom. The number of furan rings is 1. The van der Waals surface area contributed by atoms with E-state index < -0.39 is 17.5 Å². The number of rotatable bonds is 8. The van der Waals surface area contributed by atoms with Crippen molar-refractivity contribution < 1.29 is 23.5 Å². The highest BCUT2D eigenvalue weighted by molar-refractivity contribution is 6.08. The Balaban J connectivity index is 1.26. The first-order chi connectivity index (χ1) is 18.4. The maximum Gasteiger partial charge on any atom is 0.322 e. The van der Waals surface area contributed by atoms with Crippen LogP contribution < -0.4 is 20.7 Å². The van der Waals surface area contributed by atoms with Crippen molar-refractivity contribution in [2.24, 2.45) is 0 Å². The molecule has 1 saturated heterocycles. The molecule has 4 heterocycles. The number of pyridine rings is 1. The largest absolute Gasteiger partial charge is 0.497 e. The first kappa shape index (κ1) is 23.7. The van der Waals surface area contributed by atoms with Gasteiger partial charge >= 0.3 is 6.03 Å². The number of urea groups is 1. The minimum atomic E-state index is -1.59. The summed E-state index contributed by atoms with van der Waals surface area (Å²) in [5.74, 6) is -0.0713. The Hall–Kier alpha value is -4.70. The van der Waals surface area contributed by atoms with Crippen LogP contribution in [0, 0.1) is 0 Å². The first-order valence-electron chi connectivity index (χ1n) is 12.2. The van der Waals surface area contributed by atoms with Crippen LogP contribution in [-0.4, -0.2) is 41.4 Å². The number of fused-ring (bicyclic) bond motifs is 2. The van der Waals surface area contributed by atoms with Crippen molar-refractivity contribution in [1.82, 2.24) is 25.8 Å². The van der Waals surface area contributed by atoms with Crippen LogP contribution in [-0.2, 0) is 30.0 Å². The quantitative estimate of drug-likeness (QED) is 0.311. The number of amides is 4. The Morgan fingerprint density at radius 2 is 1.87 bits per heavy atom. The molecule has 4 aromatic rings. The summed E-state index contributed by atoms with van der Waals surface area (Å²) in [6.45, 7) is 1.46. The van der Waals surface area contributed by atoms with Gasteiger partial charge in [0, 0.05) is 37.5 Å². The molecule has 2 aliphatic heterocycles. The van der Waals surface area contributed by atoms with Gasteiger partial charge < -0.3 is 24.7 Å². The van der Waals surface area contributed by atoms with Gasteiger partial charge in [0.05, 0.1) is 13.7 Å². The summed E-state index contributed by atoms with van der Waals surface area (Å²) in [7, 11) is 1.53. The minimum absolute atomic E-state index is 0.105. The van der Waals surface area contributed by atoms with E-state index in [9.17, 15) is 14.4 Å². The molecular weight excluding hydrogens is 486 g/mol. The Kier molecular flexibility index (Phi) is 5.80. The molecule has 0 saturated carbocycles. The molecule has 0 bridgehead atoms. The zero-order chi connectivity index (χ0) is 26.3. The summed E-state index contributed by atoms with van der Waals surface area (Å²) in [5, 5.41) is 8.38. The van der Waals surface area contributed by atoms with Gasteiger partial charge in [-0.15, -0.1) is 0 Å². The van der Waals surface area contributed by atoms with E-state index in [1.54, 1.807) is 24.4 Å². The molecular formula is C28H25N5O5. The third kappa shape index (κ3) is 4.14. The minimum Gasteiger partial charge on any atom is -0.497 e. The van der Waals surface area contributed by atoms with Crippen molar-refractivity contribution >= 4 is 28.9 Å². The zero-order valence-electron chi connectivity index (χ0n) is 20.6. The van der Waals surface area contributed by atoms with Crippen molar-refractivity contribution in [2.45, 2.75) is 25.2 Å². The number of carbonyl (C=O) groups is 3. The van der Waals surface area contributed by atoms with Gasteiger partial charge in [-0.05, 0) is 34.9 Å². The predicted octanol–water partition coefficient (Wildman–Crippen LogP) is 2.82. The molecule has 0 radical (unpaired) electrons. The fourth-order valence-electron chi connectivity index (χ4n) is 4.95. The molecule has 2 aliphatic rings. The van der Waals surface area contributed by atoms with Crippen LogP contribution in [0.25, 0.3) is 11.1 Å². The second-order valence-electron chi connectivity index (χ2n) is 9.42. The molecule has 10 nitrogen and oxygen atoms in total. The fourth-order valence-corrected chi connectivity index (χ4v) is 4.95. The summed E-state index contributed by atoms with van der Waals surface area (Å²) < 4.78 is 11.4. The summed E-state index contributed by atoms with van der Waals surface area (Å²) in [6.07, 6.45) is 1.74. The number of nitrogens with one attached hydrogen (secondary N) is 3. The van der Waals surface area contributed by atoms with Crippen LogP contribution in [0.15, 0.2) is 71.3 Å². The summed E-state index contributed by atoms with van der Waals surface area (Å²) >= 11 is 0. The highest BCUT2D eigenvalue weighted by atomic mass is 16.5. The normalized spacial score (nSPS) is 18.6. The number of benzene rings is 2. The number of aromatic nitrogens is 1. The monoisotopic (exact) mass is 511 g/mol. The van der Waals surface area contributed by atoms with Crippen molar-refractivity contribution in [3.05, 3.63) is 94.9 Å². The van der Waals surface area contributed by atoms with Gasteiger partial charge in [0.1, 0.15) is 17.0 Å². The molecule has 10 heteroatoms. The lowest BCUT2D eigenvalue weighted by Crippen LogP contribution is -2.52. The number of hydrogen-bond acceptors (Lipinski definition) is 7. The maximum absolute atomic E-state index is 13.2. The number of nitrogens with zero attached hydrogens (tertiary/aromatic N) is 2. The van der Waals surface area contributed by atoms with Gasteiger partial charge in [-0.2, -0.15) is 0 Å². The van der Waals surface area contributed by atoms with E-state index in [-0.39, 0.29) is 18.2 Å². The van der Waals surface area contributed by atoms with Gasteiger partial charge in [0.15, 0.2) is 11.1 Å². The topological polar surface area (TPSA) is 126 Å². The number of methoxy groups -OCH3 is 1. The molecule has 38 heavy (non-hydrogen) atoms. The Labute approximate surface area is 218 Å². The summed E-state index contributed by atoms with van der Waals surface area (Å²) in [5.41, 5.74) is 2.82. The lowest BCUT2D eigenvalue weighted by atomic mass is 9.95. The van der Waals surface area contributed by atoms with Crippen LogP contribution >= 0.6 is 0 Å². The summed E-state index contributed by atoms with van der Waals surface area (Å²) in [4.78, 5) is 44.7. The van der Waals surface area contributed by atoms with Crippen molar-refractivity contribution in [1.29, 1.82) is 0 Å². The SMILES string of the molecule is COc1ccc2c(c1)C(=O)N(CC1(c3cc4ncc(CNCc5ccccc5)cc4o3)NC(=O)NC1=O)C2. The van der Waals surface area contributed by atoms with Crippen molar-refractivity contribution in [3.8, 4) is 5.75 Å². The van der Waals surface area contributed by atoms with Gasteiger partial charge in [-0.3, -0.25) is 19.9 Å². The molecule has 6 rings (SSSR count). The molecule has 3 N–H and O–H groups in total. The van der Waals surface area contributed by atoms with E-state index in [0.29, 0.717) is 42.0 Å². The van der Waals surface area contributed by atoms with E-state index in [2.05, 4.69) is 20.9 Å². The molecule has 1 unspecified atom stereocenters. The maximum atomic E-state index is 13.2. The Morgan fingerprint density at radius 1 is 1.05 bits per heavy atom. The van der Waals surface area contributed by atoms with Gasteiger partial charge in [0.25, 0.3) is 11.8 Å². The average Bonchev–Trinajstić information content (AvgIpc) is 3.58. The Bertz CT molecular complexity index is 1570. The molecule has 192 valence electrons. The van der Waals surface area contributed by atoms with Gasteiger partial charge in [0.2, 0.25) is 0 Å². The van der Waals surface area contributed by atoms with E-state index in [1.165, 1.54) is 17.6 Å². The average molecular weight is 512 g/mol. The lowest BCUT2D eigenvalue weighted by Gasteiger charge is -2.28. The van der Waals surface area contributed by atoms with Crippen LogP contribution in [0.2, 0.25) is 0 Å². The highest BCUT2D eigenvalue weighted by Crippen LogP contribution is 2.34. The fraction of sp³-hybridized carbons (Fsp3) is 0.214. The third-order valence-corrected chi connectivity index (χ3v) is 6.91. The first-order valence-corrected chi connectivity index (χ1v) is 12.2. The van der Waals surface area contributed by atoms with Crippen LogP contribution in [0.3, 0.4) is 0 Å². The second kappa shape index (κ2) is 9.31. The molecule has 2 aromatic carbocycles. The second-order valence-corrected chi connectivity index (χ2v) is 9.42. The molecule has 0 spiro atoms. The third-order valence-electron chi connectivity index (χ3n) is 6.91. The van der Waals surface area contributed by atoms with Gasteiger partial charge in [-0.25, -0.2) is 4.79 Å². The standard InChI is InChI=1S/C28H25N5O5/c1-37-20-8-7-19-15-33(25(34)21(19)10-20)16-28(26(35)31-27(36)32-28)24-11-22-23(38-24)9-18(14-30-22)13-29-12-17-5-3-2-4-6-17/h2-11,14,29H,12-13,15-16H2,1H3,(H2,31,32,35,36). The van der Waals surface area contributed by atoms with E-state index >= 15 is 0 Å². The molecule has 1 atom stereocenters. The predicted molar refractivity (Wildman–Crippen MR) is 137 cm³/mol. The van der Waals surface area contributed by atoms with Crippen molar-refractivity contribution in [3.63, 3.8) is 0 Å². The summed E-state index contributed by atoms with van der Waals surface area (Å²) in [6, 6.07) is 18.2. The van der Waals surface area contributed by atoms with Crippen LogP contribution in [0.4, 0.5) is 4.79 Å². The van der Waals surface area contributed by atoms with Crippen LogP contribution in [0.1, 0.15) is 32.8 Å². The smallest absolute Gasteiger partial charge is 0.322 e. The van der Waals surface area contributed by atoms with Crippen LogP contribution in [0.5, 0.6) is 5.75 Å². The number of carbonyl (C=O) groups excluding carboxylic acids is 3.